The van der Waals surface area contributed by atoms with Crippen LogP contribution in [0.3, 0.4) is 0 Å². The van der Waals surface area contributed by atoms with Gasteiger partial charge in [-0.15, -0.1) is 0 Å². The van der Waals surface area contributed by atoms with E-state index >= 15 is 0 Å². The molecule has 2 heterocycles. The quantitative estimate of drug-likeness (QED) is 0.278. The molecule has 1 unspecified atom stereocenters. The van der Waals surface area contributed by atoms with E-state index in [0.717, 1.165) is 40.5 Å². The number of aryl methyl sites for hydroxylation is 1. The van der Waals surface area contributed by atoms with Gasteiger partial charge in [0.1, 0.15) is 23.9 Å². The van der Waals surface area contributed by atoms with E-state index in [1.54, 1.807) is 7.11 Å². The Kier molecular flexibility index (Phi) is 7.21. The van der Waals surface area contributed by atoms with Crippen molar-refractivity contribution in [3.8, 4) is 11.5 Å². The molecule has 36 heavy (non-hydrogen) atoms. The number of ether oxygens (including phenoxy) is 2. The Balaban J connectivity index is 1.33. The molecular weight excluding hydrogens is 450 g/mol. The Labute approximate surface area is 212 Å². The molecule has 1 aliphatic rings. The number of benzene rings is 3. The van der Waals surface area contributed by atoms with Crippen LogP contribution in [0.15, 0.2) is 72.8 Å². The Morgan fingerprint density at radius 1 is 0.972 bits per heavy atom. The van der Waals surface area contributed by atoms with Crippen molar-refractivity contribution in [1.29, 1.82) is 0 Å². The second-order valence-electron chi connectivity index (χ2n) is 9.31. The number of fused-ring (bicyclic) bond motifs is 1. The fraction of sp³-hybridized carbons (Fsp3) is 0.333. The third-order valence-corrected chi connectivity index (χ3v) is 6.88. The van der Waals surface area contributed by atoms with Crippen molar-refractivity contribution in [1.82, 2.24) is 9.55 Å². The monoisotopic (exact) mass is 483 g/mol. The van der Waals surface area contributed by atoms with E-state index in [-0.39, 0.29) is 11.8 Å². The number of carbonyl (C=O) groups excluding carboxylic acids is 1. The lowest BCUT2D eigenvalue weighted by atomic mass is 10.1. The summed E-state index contributed by atoms with van der Waals surface area (Å²) in [5, 5.41) is 0. The molecule has 0 bridgehead atoms. The van der Waals surface area contributed by atoms with Crippen LogP contribution in [0.25, 0.3) is 11.0 Å². The van der Waals surface area contributed by atoms with Crippen LogP contribution in [0.5, 0.6) is 11.5 Å². The molecule has 0 radical (unpaired) electrons. The van der Waals surface area contributed by atoms with Gasteiger partial charge >= 0.3 is 0 Å². The maximum atomic E-state index is 13.0. The molecule has 0 aliphatic carbocycles. The Bertz CT molecular complexity index is 1310. The van der Waals surface area contributed by atoms with E-state index in [2.05, 4.69) is 41.8 Å². The summed E-state index contributed by atoms with van der Waals surface area (Å²) in [6.07, 6.45) is 3.90. The summed E-state index contributed by atoms with van der Waals surface area (Å²) in [6.45, 7) is 3.99. The van der Waals surface area contributed by atoms with Crippen molar-refractivity contribution < 1.29 is 14.3 Å². The van der Waals surface area contributed by atoms with Gasteiger partial charge in [-0.1, -0.05) is 37.6 Å². The second kappa shape index (κ2) is 10.9. The predicted octanol–water partition coefficient (Wildman–Crippen LogP) is 5.99. The molecule has 6 heteroatoms. The maximum Gasteiger partial charge on any atom is 0.227 e. The van der Waals surface area contributed by atoms with Gasteiger partial charge in [0, 0.05) is 24.6 Å². The molecule has 0 spiro atoms. The molecular formula is C30H33N3O3. The summed E-state index contributed by atoms with van der Waals surface area (Å²) in [5.41, 5.74) is 4.30. The molecule has 1 saturated heterocycles. The molecule has 1 fully saturated rings. The normalized spacial score (nSPS) is 15.6. The minimum absolute atomic E-state index is 0.0330. The van der Waals surface area contributed by atoms with Gasteiger partial charge in [0.2, 0.25) is 5.91 Å². The average molecular weight is 484 g/mol. The number of rotatable bonds is 10. The first-order valence-electron chi connectivity index (χ1n) is 12.8. The Morgan fingerprint density at radius 3 is 2.47 bits per heavy atom. The lowest BCUT2D eigenvalue weighted by Crippen LogP contribution is -2.24. The molecule has 1 aliphatic heterocycles. The van der Waals surface area contributed by atoms with Gasteiger partial charge in [0.15, 0.2) is 0 Å². The highest BCUT2D eigenvalue weighted by molar-refractivity contribution is 5.96. The molecule has 0 saturated carbocycles. The fourth-order valence-electron chi connectivity index (χ4n) is 4.92. The first kappa shape index (κ1) is 23.9. The summed E-state index contributed by atoms with van der Waals surface area (Å²) in [5.74, 6) is 2.73. The number of aromatic nitrogens is 2. The van der Waals surface area contributed by atoms with E-state index < -0.39 is 0 Å². The number of imidazole rings is 1. The topological polar surface area (TPSA) is 56.6 Å². The first-order chi connectivity index (χ1) is 17.7. The van der Waals surface area contributed by atoms with E-state index in [1.165, 1.54) is 18.4 Å². The fourth-order valence-corrected chi connectivity index (χ4v) is 4.92. The predicted molar refractivity (Wildman–Crippen MR) is 143 cm³/mol. The van der Waals surface area contributed by atoms with Crippen LogP contribution >= 0.6 is 0 Å². The molecule has 3 aromatic carbocycles. The van der Waals surface area contributed by atoms with E-state index in [9.17, 15) is 4.79 Å². The van der Waals surface area contributed by atoms with E-state index in [4.69, 9.17) is 14.5 Å². The lowest BCUT2D eigenvalue weighted by molar-refractivity contribution is -0.117. The van der Waals surface area contributed by atoms with Crippen LogP contribution in [0.4, 0.5) is 5.69 Å². The van der Waals surface area contributed by atoms with Crippen LogP contribution < -0.4 is 14.4 Å². The minimum Gasteiger partial charge on any atom is -0.497 e. The molecule has 1 aromatic heterocycles. The van der Waals surface area contributed by atoms with Gasteiger partial charge in [-0.2, -0.15) is 0 Å². The number of hydrogen-bond donors (Lipinski definition) is 0. The third kappa shape index (κ3) is 5.08. The molecule has 1 amide bonds. The van der Waals surface area contributed by atoms with Gasteiger partial charge in [-0.25, -0.2) is 4.98 Å². The van der Waals surface area contributed by atoms with Gasteiger partial charge in [0.05, 0.1) is 24.7 Å². The number of methoxy groups -OCH3 is 1. The van der Waals surface area contributed by atoms with Crippen molar-refractivity contribution in [2.24, 2.45) is 0 Å². The summed E-state index contributed by atoms with van der Waals surface area (Å²) in [4.78, 5) is 19.9. The number of hydrogen-bond acceptors (Lipinski definition) is 4. The highest BCUT2D eigenvalue weighted by Crippen LogP contribution is 2.33. The Morgan fingerprint density at radius 2 is 1.72 bits per heavy atom. The Hall–Kier alpha value is -3.80. The smallest absolute Gasteiger partial charge is 0.227 e. The van der Waals surface area contributed by atoms with Crippen molar-refractivity contribution >= 4 is 22.6 Å². The summed E-state index contributed by atoms with van der Waals surface area (Å²) in [7, 11) is 1.65. The number of nitrogens with zero attached hydrogens (tertiary/aromatic N) is 3. The van der Waals surface area contributed by atoms with Crippen LogP contribution in [0.2, 0.25) is 0 Å². The molecule has 4 aromatic rings. The largest absolute Gasteiger partial charge is 0.497 e. The highest BCUT2D eigenvalue weighted by Gasteiger charge is 2.34. The van der Waals surface area contributed by atoms with Crippen molar-refractivity contribution in [3.05, 3.63) is 84.2 Å². The van der Waals surface area contributed by atoms with Crippen molar-refractivity contribution in [2.75, 3.05) is 25.2 Å². The van der Waals surface area contributed by atoms with Crippen molar-refractivity contribution in [2.45, 2.75) is 45.1 Å². The standard InChI is InChI=1S/C30H33N3O3/c1-3-4-7-22-10-12-24(13-11-22)33-21-23(20-29(33)34)30-31-27-8-5-6-9-28(27)32(30)18-19-36-26-16-14-25(35-2)15-17-26/h5-6,8-17,23H,3-4,7,18-21H2,1-2H3. The lowest BCUT2D eigenvalue weighted by Gasteiger charge is -2.18. The number of amides is 1. The van der Waals surface area contributed by atoms with Crippen LogP contribution in [0.1, 0.15) is 43.5 Å². The zero-order chi connectivity index (χ0) is 24.9. The van der Waals surface area contributed by atoms with Crippen LogP contribution in [-0.4, -0.2) is 35.7 Å². The molecule has 0 N–H and O–H groups in total. The number of unbranched alkanes of at least 4 members (excludes halogenated alkanes) is 1. The summed E-state index contributed by atoms with van der Waals surface area (Å²) < 4.78 is 13.5. The van der Waals surface area contributed by atoms with Gasteiger partial charge < -0.3 is 18.9 Å². The van der Waals surface area contributed by atoms with Gasteiger partial charge in [-0.3, -0.25) is 4.79 Å². The molecule has 1 atom stereocenters. The van der Waals surface area contributed by atoms with Crippen molar-refractivity contribution in [3.63, 3.8) is 0 Å². The van der Waals surface area contributed by atoms with Crippen LogP contribution in [-0.2, 0) is 17.8 Å². The third-order valence-electron chi connectivity index (χ3n) is 6.88. The zero-order valence-electron chi connectivity index (χ0n) is 21.0. The highest BCUT2D eigenvalue weighted by atomic mass is 16.5. The zero-order valence-corrected chi connectivity index (χ0v) is 21.0. The number of anilines is 1. The SMILES string of the molecule is CCCCc1ccc(N2CC(c3nc4ccccc4n3CCOc3ccc(OC)cc3)CC2=O)cc1. The number of carbonyl (C=O) groups is 1. The number of para-hydroxylation sites is 2. The summed E-state index contributed by atoms with van der Waals surface area (Å²) >= 11 is 0. The minimum atomic E-state index is 0.0330. The summed E-state index contributed by atoms with van der Waals surface area (Å²) in [6, 6.07) is 24.2. The molecule has 5 rings (SSSR count). The average Bonchev–Trinajstić information content (AvgIpc) is 3.48. The maximum absolute atomic E-state index is 13.0. The van der Waals surface area contributed by atoms with Gasteiger partial charge in [0.25, 0.3) is 0 Å². The van der Waals surface area contributed by atoms with Crippen LogP contribution in [0, 0.1) is 0 Å². The van der Waals surface area contributed by atoms with Gasteiger partial charge in [-0.05, 0) is 66.9 Å². The molecule has 6 nitrogen and oxygen atoms in total. The van der Waals surface area contributed by atoms with E-state index in [0.29, 0.717) is 26.1 Å². The molecule has 186 valence electrons. The second-order valence-corrected chi connectivity index (χ2v) is 9.31. The van der Waals surface area contributed by atoms with E-state index in [1.807, 2.05) is 47.4 Å². The first-order valence-corrected chi connectivity index (χ1v) is 12.8.